The number of pyridine rings is 1. The summed E-state index contributed by atoms with van der Waals surface area (Å²) in [5, 5.41) is 9.09. The molecule has 2 aromatic carbocycles. The maximum Gasteiger partial charge on any atom is 0.303 e. The number of hydrogen-bond acceptors (Lipinski definition) is 3. The number of hydrogen-bond donors (Lipinski definition) is 1. The van der Waals surface area contributed by atoms with Gasteiger partial charge in [0.25, 0.3) is 0 Å². The van der Waals surface area contributed by atoms with Crippen LogP contribution >= 0.6 is 0 Å². The molecule has 3 aromatic rings. The number of benzene rings is 2. The fourth-order valence-electron chi connectivity index (χ4n) is 4.36. The van der Waals surface area contributed by atoms with Crippen molar-refractivity contribution in [1.29, 1.82) is 0 Å². The van der Waals surface area contributed by atoms with Gasteiger partial charge in [-0.25, -0.2) is 0 Å². The van der Waals surface area contributed by atoms with E-state index < -0.39 is 5.97 Å². The predicted octanol–water partition coefficient (Wildman–Crippen LogP) is 5.75. The molecule has 0 aliphatic heterocycles. The highest BCUT2D eigenvalue weighted by Crippen LogP contribution is 2.37. The van der Waals surface area contributed by atoms with E-state index in [1.54, 1.807) is 0 Å². The zero-order valence-electron chi connectivity index (χ0n) is 18.2. The molecular formula is C27H29NO3. The van der Waals surface area contributed by atoms with E-state index in [1.165, 1.54) is 16.7 Å². The molecule has 1 heterocycles. The molecule has 0 saturated carbocycles. The largest absolute Gasteiger partial charge is 0.493 e. The number of aromatic nitrogens is 1. The van der Waals surface area contributed by atoms with Crippen molar-refractivity contribution >= 4 is 5.97 Å². The fraction of sp³-hybridized carbons (Fsp3) is 0.333. The Hall–Kier alpha value is -3.14. The molecule has 0 amide bonds. The summed E-state index contributed by atoms with van der Waals surface area (Å²) in [7, 11) is 0. The number of rotatable bonds is 8. The summed E-state index contributed by atoms with van der Waals surface area (Å²) in [5.41, 5.74) is 8.06. The minimum Gasteiger partial charge on any atom is -0.493 e. The van der Waals surface area contributed by atoms with E-state index in [1.807, 2.05) is 12.1 Å². The number of ether oxygens (including phenoxy) is 1. The number of fused-ring (bicyclic) bond motifs is 1. The van der Waals surface area contributed by atoms with Gasteiger partial charge in [-0.05, 0) is 72.6 Å². The molecule has 160 valence electrons. The third-order valence-corrected chi connectivity index (χ3v) is 6.20. The second-order valence-corrected chi connectivity index (χ2v) is 8.30. The van der Waals surface area contributed by atoms with E-state index in [-0.39, 0.29) is 12.3 Å². The van der Waals surface area contributed by atoms with Crippen LogP contribution in [-0.4, -0.2) is 22.7 Å². The topological polar surface area (TPSA) is 59.4 Å². The van der Waals surface area contributed by atoms with Crippen molar-refractivity contribution in [2.24, 2.45) is 0 Å². The highest BCUT2D eigenvalue weighted by Gasteiger charge is 2.24. The minimum absolute atomic E-state index is 0.127. The van der Waals surface area contributed by atoms with Gasteiger partial charge in [0.05, 0.1) is 18.7 Å². The van der Waals surface area contributed by atoms with Gasteiger partial charge in [0.2, 0.25) is 0 Å². The van der Waals surface area contributed by atoms with Gasteiger partial charge in [0, 0.05) is 17.7 Å². The monoisotopic (exact) mass is 415 g/mol. The quantitative estimate of drug-likeness (QED) is 0.509. The smallest absolute Gasteiger partial charge is 0.303 e. The summed E-state index contributed by atoms with van der Waals surface area (Å²) < 4.78 is 6.03. The van der Waals surface area contributed by atoms with Gasteiger partial charge in [0.1, 0.15) is 5.75 Å². The van der Waals surface area contributed by atoms with Crippen LogP contribution in [0, 0.1) is 6.92 Å². The van der Waals surface area contributed by atoms with Crippen LogP contribution in [0.25, 0.3) is 11.3 Å². The molecule has 1 aliphatic carbocycles. The average molecular weight is 416 g/mol. The van der Waals surface area contributed by atoms with Crippen molar-refractivity contribution in [3.8, 4) is 17.0 Å². The molecule has 4 heteroatoms. The number of carboxylic acid groups (broad SMARTS) is 1. The van der Waals surface area contributed by atoms with E-state index in [4.69, 9.17) is 14.8 Å². The lowest BCUT2D eigenvalue weighted by atomic mass is 9.98. The molecule has 1 aromatic heterocycles. The van der Waals surface area contributed by atoms with E-state index >= 15 is 0 Å². The Morgan fingerprint density at radius 2 is 1.94 bits per heavy atom. The lowest BCUT2D eigenvalue weighted by Gasteiger charge is -2.12. The summed E-state index contributed by atoms with van der Waals surface area (Å²) in [4.78, 5) is 15.9. The molecule has 1 N–H and O–H groups in total. The van der Waals surface area contributed by atoms with Crippen LogP contribution in [0.1, 0.15) is 53.6 Å². The van der Waals surface area contributed by atoms with E-state index in [0.29, 0.717) is 6.61 Å². The third kappa shape index (κ3) is 4.96. The summed E-state index contributed by atoms with van der Waals surface area (Å²) >= 11 is 0. The second-order valence-electron chi connectivity index (χ2n) is 8.30. The standard InChI is InChI=1S/C27H29NO3/c1-3-19-5-7-20(8-6-19)26-13-4-18(2)25(28-26)14-15-31-23-11-12-24-21(16-23)9-10-22(24)17-27(29)30/h4-8,11-13,16,22H,3,9-10,14-15,17H2,1-2H3,(H,29,30)/t22-/m0/s1. The van der Waals surface area contributed by atoms with Crippen LogP contribution < -0.4 is 4.74 Å². The van der Waals surface area contributed by atoms with Crippen molar-refractivity contribution in [2.75, 3.05) is 6.61 Å². The first-order chi connectivity index (χ1) is 15.0. The lowest BCUT2D eigenvalue weighted by Crippen LogP contribution is -2.06. The summed E-state index contributed by atoms with van der Waals surface area (Å²) in [6.45, 7) is 4.81. The molecule has 0 spiro atoms. The van der Waals surface area contributed by atoms with Gasteiger partial charge in [0.15, 0.2) is 0 Å². The molecule has 0 fully saturated rings. The van der Waals surface area contributed by atoms with Crippen LogP contribution in [0.4, 0.5) is 0 Å². The molecule has 0 radical (unpaired) electrons. The molecule has 0 bridgehead atoms. The van der Waals surface area contributed by atoms with Crippen LogP contribution in [-0.2, 0) is 24.1 Å². The normalized spacial score (nSPS) is 15.0. The number of aryl methyl sites for hydroxylation is 3. The Morgan fingerprint density at radius 1 is 1.13 bits per heavy atom. The van der Waals surface area contributed by atoms with E-state index in [2.05, 4.69) is 56.3 Å². The van der Waals surface area contributed by atoms with Crippen LogP contribution in [0.5, 0.6) is 5.75 Å². The van der Waals surface area contributed by atoms with Crippen molar-refractivity contribution in [3.05, 3.63) is 82.5 Å². The summed E-state index contributed by atoms with van der Waals surface area (Å²) in [6, 6.07) is 18.9. The number of carboxylic acids is 1. The molecule has 4 rings (SSSR count). The van der Waals surface area contributed by atoms with Crippen molar-refractivity contribution in [2.45, 2.75) is 51.9 Å². The number of nitrogens with zero attached hydrogens (tertiary/aromatic N) is 1. The van der Waals surface area contributed by atoms with Crippen molar-refractivity contribution in [1.82, 2.24) is 4.98 Å². The first-order valence-corrected chi connectivity index (χ1v) is 11.1. The maximum absolute atomic E-state index is 11.0. The Morgan fingerprint density at radius 3 is 2.68 bits per heavy atom. The van der Waals surface area contributed by atoms with Crippen molar-refractivity contribution in [3.63, 3.8) is 0 Å². The van der Waals surface area contributed by atoms with Gasteiger partial charge in [-0.1, -0.05) is 43.3 Å². The highest BCUT2D eigenvalue weighted by atomic mass is 16.5. The van der Waals surface area contributed by atoms with E-state index in [9.17, 15) is 4.79 Å². The summed E-state index contributed by atoms with van der Waals surface area (Å²) in [5.74, 6) is 0.241. The molecule has 1 atom stereocenters. The molecule has 0 unspecified atom stereocenters. The second kappa shape index (κ2) is 9.34. The molecular weight excluding hydrogens is 386 g/mol. The van der Waals surface area contributed by atoms with Gasteiger partial charge >= 0.3 is 5.97 Å². The van der Waals surface area contributed by atoms with Crippen LogP contribution in [0.3, 0.4) is 0 Å². The van der Waals surface area contributed by atoms with Gasteiger partial charge < -0.3 is 9.84 Å². The zero-order valence-corrected chi connectivity index (χ0v) is 18.2. The fourth-order valence-corrected chi connectivity index (χ4v) is 4.36. The van der Waals surface area contributed by atoms with Gasteiger partial charge in [-0.2, -0.15) is 0 Å². The van der Waals surface area contributed by atoms with Crippen molar-refractivity contribution < 1.29 is 14.6 Å². The Labute approximate surface area is 183 Å². The lowest BCUT2D eigenvalue weighted by molar-refractivity contribution is -0.137. The molecule has 4 nitrogen and oxygen atoms in total. The Bertz CT molecular complexity index is 1070. The van der Waals surface area contributed by atoms with Crippen LogP contribution in [0.2, 0.25) is 0 Å². The van der Waals surface area contributed by atoms with Gasteiger partial charge in [-0.15, -0.1) is 0 Å². The average Bonchev–Trinajstić information content (AvgIpc) is 3.16. The number of aliphatic carboxylic acids is 1. The first-order valence-electron chi connectivity index (χ1n) is 11.1. The molecule has 31 heavy (non-hydrogen) atoms. The maximum atomic E-state index is 11.0. The van der Waals surface area contributed by atoms with E-state index in [0.717, 1.165) is 53.9 Å². The number of carbonyl (C=O) groups is 1. The first kappa shape index (κ1) is 21.1. The Balaban J connectivity index is 1.40. The third-order valence-electron chi connectivity index (χ3n) is 6.20. The zero-order chi connectivity index (χ0) is 21.8. The Kier molecular flexibility index (Phi) is 6.36. The molecule has 1 aliphatic rings. The highest BCUT2D eigenvalue weighted by molar-refractivity contribution is 5.68. The SMILES string of the molecule is CCc1ccc(-c2ccc(C)c(CCOc3ccc4c(c3)CC[C@H]4CC(=O)O)n2)cc1. The minimum atomic E-state index is -0.732. The van der Waals surface area contributed by atoms with Gasteiger partial charge in [-0.3, -0.25) is 9.78 Å². The van der Waals surface area contributed by atoms with Crippen LogP contribution in [0.15, 0.2) is 54.6 Å². The molecule has 0 saturated heterocycles. The predicted molar refractivity (Wildman–Crippen MR) is 123 cm³/mol. The summed E-state index contributed by atoms with van der Waals surface area (Å²) in [6.07, 6.45) is 3.80.